The maximum atomic E-state index is 5.56. The van der Waals surface area contributed by atoms with E-state index in [1.54, 1.807) is 14.2 Å². The standard InChI is InChI=1S/C24H27NO2/c1-25(18-20-13-15-21-11-7-8-12-22(21)17-20)23(24(26-2)27-3)16-14-19-9-5-4-6-10-19/h4-17,23-24H,18H2,1-3H3/b16-14+. The van der Waals surface area contributed by atoms with Crippen LogP contribution < -0.4 is 0 Å². The van der Waals surface area contributed by atoms with Crippen molar-refractivity contribution >= 4 is 16.8 Å². The predicted molar refractivity (Wildman–Crippen MR) is 112 cm³/mol. The van der Waals surface area contributed by atoms with Crippen molar-refractivity contribution in [3.8, 4) is 0 Å². The summed E-state index contributed by atoms with van der Waals surface area (Å²) in [7, 11) is 5.46. The largest absolute Gasteiger partial charge is 0.354 e. The highest BCUT2D eigenvalue weighted by molar-refractivity contribution is 5.82. The first-order valence-electron chi connectivity index (χ1n) is 9.18. The number of rotatable bonds is 8. The van der Waals surface area contributed by atoms with Gasteiger partial charge in [0, 0.05) is 20.8 Å². The van der Waals surface area contributed by atoms with Gasteiger partial charge >= 0.3 is 0 Å². The Morgan fingerprint density at radius 3 is 2.22 bits per heavy atom. The number of benzene rings is 3. The highest BCUT2D eigenvalue weighted by atomic mass is 16.7. The van der Waals surface area contributed by atoms with Gasteiger partial charge in [-0.1, -0.05) is 78.9 Å². The normalized spacial score (nSPS) is 13.1. The zero-order valence-electron chi connectivity index (χ0n) is 16.2. The minimum Gasteiger partial charge on any atom is -0.354 e. The number of likely N-dealkylation sites (N-methyl/N-ethyl adjacent to an activating group) is 1. The van der Waals surface area contributed by atoms with Crippen LogP contribution in [0.15, 0.2) is 78.9 Å². The van der Waals surface area contributed by atoms with Gasteiger partial charge in [-0.25, -0.2) is 0 Å². The van der Waals surface area contributed by atoms with E-state index in [9.17, 15) is 0 Å². The number of methoxy groups -OCH3 is 2. The molecule has 0 aliphatic carbocycles. The fourth-order valence-corrected chi connectivity index (χ4v) is 3.32. The van der Waals surface area contributed by atoms with Gasteiger partial charge in [-0.05, 0) is 35.0 Å². The molecule has 0 aliphatic rings. The van der Waals surface area contributed by atoms with E-state index in [0.29, 0.717) is 0 Å². The van der Waals surface area contributed by atoms with E-state index in [-0.39, 0.29) is 12.3 Å². The molecule has 0 amide bonds. The van der Waals surface area contributed by atoms with Gasteiger partial charge in [-0.2, -0.15) is 0 Å². The van der Waals surface area contributed by atoms with Crippen molar-refractivity contribution in [3.05, 3.63) is 90.0 Å². The first-order valence-corrected chi connectivity index (χ1v) is 9.18. The molecule has 27 heavy (non-hydrogen) atoms. The van der Waals surface area contributed by atoms with E-state index < -0.39 is 0 Å². The van der Waals surface area contributed by atoms with Gasteiger partial charge < -0.3 is 9.47 Å². The Morgan fingerprint density at radius 1 is 0.852 bits per heavy atom. The molecule has 0 saturated heterocycles. The first kappa shape index (κ1) is 19.3. The van der Waals surface area contributed by atoms with E-state index in [2.05, 4.69) is 78.7 Å². The Kier molecular flexibility index (Phi) is 6.77. The fraction of sp³-hybridized carbons (Fsp3) is 0.250. The van der Waals surface area contributed by atoms with Crippen LogP contribution in [0, 0.1) is 0 Å². The fourth-order valence-electron chi connectivity index (χ4n) is 3.32. The lowest BCUT2D eigenvalue weighted by molar-refractivity contribution is -0.133. The maximum Gasteiger partial charge on any atom is 0.175 e. The average molecular weight is 361 g/mol. The summed E-state index contributed by atoms with van der Waals surface area (Å²) in [5, 5.41) is 2.52. The Balaban J connectivity index is 1.80. The quantitative estimate of drug-likeness (QED) is 0.529. The van der Waals surface area contributed by atoms with Gasteiger partial charge in [0.2, 0.25) is 0 Å². The summed E-state index contributed by atoms with van der Waals surface area (Å²) in [5.74, 6) is 0. The Labute approximate surface area is 161 Å². The molecule has 0 bridgehead atoms. The van der Waals surface area contributed by atoms with Crippen molar-refractivity contribution in [1.29, 1.82) is 0 Å². The van der Waals surface area contributed by atoms with Gasteiger partial charge in [-0.3, -0.25) is 4.90 Å². The molecular formula is C24H27NO2. The highest BCUT2D eigenvalue weighted by Crippen LogP contribution is 2.19. The summed E-state index contributed by atoms with van der Waals surface area (Å²) in [4.78, 5) is 2.25. The summed E-state index contributed by atoms with van der Waals surface area (Å²) >= 11 is 0. The van der Waals surface area contributed by atoms with Crippen molar-refractivity contribution in [1.82, 2.24) is 4.90 Å². The topological polar surface area (TPSA) is 21.7 Å². The van der Waals surface area contributed by atoms with Crippen LogP contribution in [0.25, 0.3) is 16.8 Å². The van der Waals surface area contributed by atoms with Crippen LogP contribution in [-0.4, -0.2) is 38.5 Å². The van der Waals surface area contributed by atoms with Crippen molar-refractivity contribution in [2.24, 2.45) is 0 Å². The number of ether oxygens (including phenoxy) is 2. The summed E-state index contributed by atoms with van der Waals surface area (Å²) in [6.45, 7) is 0.803. The molecule has 3 nitrogen and oxygen atoms in total. The van der Waals surface area contributed by atoms with Gasteiger partial charge in [0.15, 0.2) is 6.29 Å². The van der Waals surface area contributed by atoms with E-state index in [4.69, 9.17) is 9.47 Å². The number of hydrogen-bond acceptors (Lipinski definition) is 3. The Bertz CT molecular complexity index is 872. The minimum absolute atomic E-state index is 0.00771. The van der Waals surface area contributed by atoms with Crippen molar-refractivity contribution in [3.63, 3.8) is 0 Å². The molecule has 3 rings (SSSR count). The van der Waals surface area contributed by atoms with Crippen molar-refractivity contribution < 1.29 is 9.47 Å². The monoisotopic (exact) mass is 361 g/mol. The van der Waals surface area contributed by atoms with Crippen LogP contribution in [-0.2, 0) is 16.0 Å². The third kappa shape index (κ3) is 5.04. The molecule has 0 radical (unpaired) electrons. The van der Waals surface area contributed by atoms with Crippen molar-refractivity contribution in [2.75, 3.05) is 21.3 Å². The van der Waals surface area contributed by atoms with Gasteiger partial charge in [0.25, 0.3) is 0 Å². The van der Waals surface area contributed by atoms with E-state index in [1.165, 1.54) is 16.3 Å². The SMILES string of the molecule is COC(OC)C(/C=C/c1ccccc1)N(C)Cc1ccc2ccccc2c1. The van der Waals surface area contributed by atoms with E-state index in [1.807, 2.05) is 18.2 Å². The summed E-state index contributed by atoms with van der Waals surface area (Å²) < 4.78 is 11.1. The third-order valence-electron chi connectivity index (χ3n) is 4.78. The third-order valence-corrected chi connectivity index (χ3v) is 4.78. The molecule has 0 spiro atoms. The summed E-state index contributed by atoms with van der Waals surface area (Å²) in [6, 6.07) is 25.3. The number of hydrogen-bond donors (Lipinski definition) is 0. The molecule has 3 aromatic carbocycles. The highest BCUT2D eigenvalue weighted by Gasteiger charge is 2.23. The minimum atomic E-state index is -0.338. The molecule has 0 N–H and O–H groups in total. The molecule has 3 heteroatoms. The molecular weight excluding hydrogens is 334 g/mol. The van der Waals surface area contributed by atoms with Crippen LogP contribution >= 0.6 is 0 Å². The van der Waals surface area contributed by atoms with Crippen LogP contribution in [0.3, 0.4) is 0 Å². The molecule has 0 fully saturated rings. The van der Waals surface area contributed by atoms with E-state index >= 15 is 0 Å². The molecule has 1 unspecified atom stereocenters. The van der Waals surface area contributed by atoms with Crippen LogP contribution in [0.5, 0.6) is 0 Å². The maximum absolute atomic E-state index is 5.56. The summed E-state index contributed by atoms with van der Waals surface area (Å²) in [6.07, 6.45) is 3.93. The smallest absolute Gasteiger partial charge is 0.175 e. The van der Waals surface area contributed by atoms with Crippen LogP contribution in [0.2, 0.25) is 0 Å². The predicted octanol–water partition coefficient (Wildman–Crippen LogP) is 4.97. The Morgan fingerprint density at radius 2 is 1.52 bits per heavy atom. The second-order valence-electron chi connectivity index (χ2n) is 6.70. The number of nitrogens with zero attached hydrogens (tertiary/aromatic N) is 1. The molecule has 0 aromatic heterocycles. The molecule has 1 atom stereocenters. The number of fused-ring (bicyclic) bond motifs is 1. The zero-order chi connectivity index (χ0) is 19.1. The summed E-state index contributed by atoms with van der Waals surface area (Å²) in [5.41, 5.74) is 2.42. The van der Waals surface area contributed by atoms with E-state index in [0.717, 1.165) is 12.1 Å². The van der Waals surface area contributed by atoms with Gasteiger partial charge in [0.1, 0.15) is 0 Å². The molecule has 3 aromatic rings. The average Bonchev–Trinajstić information content (AvgIpc) is 2.71. The second kappa shape index (κ2) is 9.47. The lowest BCUT2D eigenvalue weighted by Gasteiger charge is -2.31. The molecule has 0 heterocycles. The lowest BCUT2D eigenvalue weighted by Crippen LogP contribution is -2.41. The molecule has 140 valence electrons. The van der Waals surface area contributed by atoms with Gasteiger partial charge in [0.05, 0.1) is 6.04 Å². The van der Waals surface area contributed by atoms with Gasteiger partial charge in [-0.15, -0.1) is 0 Å². The molecule has 0 aliphatic heterocycles. The first-order chi connectivity index (χ1) is 13.2. The van der Waals surface area contributed by atoms with Crippen molar-refractivity contribution in [2.45, 2.75) is 18.9 Å². The zero-order valence-corrected chi connectivity index (χ0v) is 16.2. The van der Waals surface area contributed by atoms with Crippen LogP contribution in [0.1, 0.15) is 11.1 Å². The Hall–Kier alpha value is -2.46. The molecule has 0 saturated carbocycles. The lowest BCUT2D eigenvalue weighted by atomic mass is 10.1. The van der Waals surface area contributed by atoms with Crippen LogP contribution in [0.4, 0.5) is 0 Å². The second-order valence-corrected chi connectivity index (χ2v) is 6.70.